The van der Waals surface area contributed by atoms with E-state index in [2.05, 4.69) is 15.2 Å². The van der Waals surface area contributed by atoms with Gasteiger partial charge in [-0.3, -0.25) is 0 Å². The largest absolute Gasteiger partial charge is 0.454 e. The Kier molecular flexibility index (Phi) is 3.23. The molecule has 4 rings (SSSR count). The minimum absolute atomic E-state index is 0.0680. The van der Waals surface area contributed by atoms with Crippen molar-refractivity contribution in [3.05, 3.63) is 48.0 Å². The first kappa shape index (κ1) is 13.2. The summed E-state index contributed by atoms with van der Waals surface area (Å²) in [7, 11) is 0. The predicted octanol–water partition coefficient (Wildman–Crippen LogP) is 4.87. The van der Waals surface area contributed by atoms with E-state index in [1.165, 1.54) is 11.3 Å². The number of benzene rings is 2. The Morgan fingerprint density at radius 2 is 2.00 bits per heavy atom. The number of hydrogen-bond donors (Lipinski definition) is 0. The first-order valence-corrected chi connectivity index (χ1v) is 7.77. The van der Waals surface area contributed by atoms with Gasteiger partial charge in [0, 0.05) is 0 Å². The summed E-state index contributed by atoms with van der Waals surface area (Å²) in [6.45, 7) is 2.27. The Bertz CT molecular complexity index is 826. The van der Waals surface area contributed by atoms with Gasteiger partial charge in [-0.2, -0.15) is 5.11 Å². The third kappa shape index (κ3) is 2.42. The van der Waals surface area contributed by atoms with E-state index in [-0.39, 0.29) is 12.8 Å². The van der Waals surface area contributed by atoms with Crippen LogP contribution in [0.3, 0.4) is 0 Å². The lowest BCUT2D eigenvalue weighted by molar-refractivity contribution is 0.174. The third-order valence-corrected chi connectivity index (χ3v) is 4.40. The number of rotatable bonds is 3. The van der Waals surface area contributed by atoms with Gasteiger partial charge < -0.3 is 9.47 Å². The van der Waals surface area contributed by atoms with Crippen LogP contribution in [0.25, 0.3) is 10.2 Å². The van der Waals surface area contributed by atoms with Gasteiger partial charge in [-0.25, -0.2) is 4.98 Å². The van der Waals surface area contributed by atoms with E-state index in [0.29, 0.717) is 5.13 Å². The second kappa shape index (κ2) is 5.38. The van der Waals surface area contributed by atoms with Crippen LogP contribution in [0.15, 0.2) is 52.7 Å². The summed E-state index contributed by atoms with van der Waals surface area (Å²) in [6, 6.07) is 13.7. The molecule has 0 bridgehead atoms. The highest BCUT2D eigenvalue weighted by atomic mass is 32.1. The van der Waals surface area contributed by atoms with Crippen LogP contribution < -0.4 is 9.47 Å². The number of para-hydroxylation sites is 1. The van der Waals surface area contributed by atoms with E-state index in [4.69, 9.17) is 9.47 Å². The molecule has 0 saturated heterocycles. The van der Waals surface area contributed by atoms with Gasteiger partial charge in [0.2, 0.25) is 11.9 Å². The fourth-order valence-corrected chi connectivity index (χ4v) is 3.07. The van der Waals surface area contributed by atoms with Crippen molar-refractivity contribution in [3.63, 3.8) is 0 Å². The molecular formula is C16H13N3O2S. The fraction of sp³-hybridized carbons (Fsp3) is 0.188. The van der Waals surface area contributed by atoms with Gasteiger partial charge in [-0.15, -0.1) is 5.11 Å². The summed E-state index contributed by atoms with van der Waals surface area (Å²) in [5.74, 6) is 1.54. The number of azo groups is 1. The predicted molar refractivity (Wildman–Crippen MR) is 85.1 cm³/mol. The lowest BCUT2D eigenvalue weighted by Gasteiger charge is -2.05. The van der Waals surface area contributed by atoms with Crippen molar-refractivity contribution in [2.24, 2.45) is 10.2 Å². The van der Waals surface area contributed by atoms with Crippen molar-refractivity contribution in [3.8, 4) is 11.5 Å². The number of nitrogens with zero attached hydrogens (tertiary/aromatic N) is 3. The van der Waals surface area contributed by atoms with Crippen LogP contribution in [0.1, 0.15) is 18.5 Å². The monoisotopic (exact) mass is 311 g/mol. The molecule has 1 aromatic heterocycles. The standard InChI is InChI=1S/C16H13N3O2S/c1-10(11-6-7-13-14(8-11)21-9-20-13)18-19-16-17-12-4-2-3-5-15(12)22-16/h2-8,10H,9H2,1H3. The van der Waals surface area contributed by atoms with Gasteiger partial charge in [-0.1, -0.05) is 29.5 Å². The van der Waals surface area contributed by atoms with Crippen LogP contribution in [0.5, 0.6) is 11.5 Å². The zero-order valence-electron chi connectivity index (χ0n) is 11.9. The van der Waals surface area contributed by atoms with Gasteiger partial charge in [-0.05, 0) is 36.8 Å². The maximum absolute atomic E-state index is 5.39. The van der Waals surface area contributed by atoms with Crippen molar-refractivity contribution < 1.29 is 9.47 Å². The Hall–Kier alpha value is -2.47. The summed E-state index contributed by atoms with van der Waals surface area (Å²) in [6.07, 6.45) is 0. The van der Waals surface area contributed by atoms with Crippen LogP contribution >= 0.6 is 11.3 Å². The van der Waals surface area contributed by atoms with E-state index in [9.17, 15) is 0 Å². The lowest BCUT2D eigenvalue weighted by atomic mass is 10.1. The minimum Gasteiger partial charge on any atom is -0.454 e. The van der Waals surface area contributed by atoms with Gasteiger partial charge in [0.25, 0.3) is 0 Å². The summed E-state index contributed by atoms with van der Waals surface area (Å²) < 4.78 is 11.8. The number of aromatic nitrogens is 1. The van der Waals surface area contributed by atoms with Gasteiger partial charge in [0.1, 0.15) is 0 Å². The smallest absolute Gasteiger partial charge is 0.231 e. The Labute approximate surface area is 131 Å². The van der Waals surface area contributed by atoms with Crippen LogP contribution in [-0.4, -0.2) is 11.8 Å². The average Bonchev–Trinajstić information content (AvgIpc) is 3.17. The van der Waals surface area contributed by atoms with Crippen molar-refractivity contribution in [1.82, 2.24) is 4.98 Å². The van der Waals surface area contributed by atoms with Crippen LogP contribution in [-0.2, 0) is 0 Å². The molecule has 6 heteroatoms. The molecule has 2 heterocycles. The summed E-state index contributed by atoms with van der Waals surface area (Å²) >= 11 is 1.54. The van der Waals surface area contributed by atoms with Crippen molar-refractivity contribution >= 4 is 26.7 Å². The molecule has 0 spiro atoms. The van der Waals surface area contributed by atoms with Crippen LogP contribution in [0.4, 0.5) is 5.13 Å². The first-order valence-electron chi connectivity index (χ1n) is 6.95. The summed E-state index contributed by atoms with van der Waals surface area (Å²) in [4.78, 5) is 4.45. The van der Waals surface area contributed by atoms with Crippen molar-refractivity contribution in [2.75, 3.05) is 6.79 Å². The summed E-state index contributed by atoms with van der Waals surface area (Å²) in [5, 5.41) is 9.31. The van der Waals surface area contributed by atoms with Crippen molar-refractivity contribution in [2.45, 2.75) is 13.0 Å². The number of hydrogen-bond acceptors (Lipinski definition) is 6. The zero-order valence-corrected chi connectivity index (χ0v) is 12.7. The second-order valence-electron chi connectivity index (χ2n) is 4.97. The molecule has 0 fully saturated rings. The molecule has 5 nitrogen and oxygen atoms in total. The maximum Gasteiger partial charge on any atom is 0.231 e. The number of thiazole rings is 1. The van der Waals surface area contributed by atoms with Gasteiger partial charge in [0.05, 0.1) is 16.3 Å². The molecule has 0 radical (unpaired) electrons. The normalized spacial score (nSPS) is 14.8. The van der Waals surface area contributed by atoms with Crippen LogP contribution in [0.2, 0.25) is 0 Å². The molecule has 1 aliphatic heterocycles. The highest BCUT2D eigenvalue weighted by molar-refractivity contribution is 7.21. The SMILES string of the molecule is CC(N=Nc1nc2ccccc2s1)c1ccc2c(c1)OCO2. The Morgan fingerprint density at radius 1 is 1.14 bits per heavy atom. The Balaban J connectivity index is 1.56. The van der Waals surface area contributed by atoms with E-state index in [1.807, 2.05) is 49.4 Å². The highest BCUT2D eigenvalue weighted by Gasteiger charge is 2.15. The molecule has 1 aliphatic rings. The molecule has 0 N–H and O–H groups in total. The number of ether oxygens (including phenoxy) is 2. The summed E-state index contributed by atoms with van der Waals surface area (Å²) in [5.41, 5.74) is 1.99. The van der Waals surface area contributed by atoms with E-state index >= 15 is 0 Å². The average molecular weight is 311 g/mol. The highest BCUT2D eigenvalue weighted by Crippen LogP contribution is 2.35. The molecule has 0 amide bonds. The zero-order chi connectivity index (χ0) is 14.9. The van der Waals surface area contributed by atoms with Gasteiger partial charge in [0.15, 0.2) is 11.5 Å². The molecular weight excluding hydrogens is 298 g/mol. The van der Waals surface area contributed by atoms with E-state index in [1.54, 1.807) is 0 Å². The second-order valence-corrected chi connectivity index (χ2v) is 5.98. The molecule has 22 heavy (non-hydrogen) atoms. The molecule has 1 unspecified atom stereocenters. The third-order valence-electron chi connectivity index (χ3n) is 3.48. The lowest BCUT2D eigenvalue weighted by Crippen LogP contribution is -1.93. The molecule has 0 saturated carbocycles. The Morgan fingerprint density at radius 3 is 2.91 bits per heavy atom. The molecule has 3 aromatic rings. The van der Waals surface area contributed by atoms with E-state index < -0.39 is 0 Å². The fourth-order valence-electron chi connectivity index (χ4n) is 2.28. The number of fused-ring (bicyclic) bond motifs is 2. The molecule has 1 atom stereocenters. The minimum atomic E-state index is -0.0680. The quantitative estimate of drug-likeness (QED) is 0.648. The van der Waals surface area contributed by atoms with E-state index in [0.717, 1.165) is 27.3 Å². The molecule has 110 valence electrons. The molecule has 2 aromatic carbocycles. The topological polar surface area (TPSA) is 56.1 Å². The first-order chi connectivity index (χ1) is 10.8. The van der Waals surface area contributed by atoms with Crippen LogP contribution in [0, 0.1) is 0 Å². The maximum atomic E-state index is 5.39. The van der Waals surface area contributed by atoms with Crippen molar-refractivity contribution in [1.29, 1.82) is 0 Å². The van der Waals surface area contributed by atoms with Gasteiger partial charge >= 0.3 is 0 Å². The molecule has 0 aliphatic carbocycles.